The van der Waals surface area contributed by atoms with Gasteiger partial charge in [-0.15, -0.1) is 0 Å². The Hall–Kier alpha value is -1.05. The molecule has 0 bridgehead atoms. The second-order valence-corrected chi connectivity index (χ2v) is 8.82. The van der Waals surface area contributed by atoms with Crippen molar-refractivity contribution in [1.82, 2.24) is 0 Å². The normalized spacial score (nSPS) is 9.66. The molecule has 0 N–H and O–H groups in total. The SMILES string of the molecule is C/C=C/CCC.CC=CC.CCCCCCC.CCCCCCCC.CCCCOC(=O)CCC. The van der Waals surface area contributed by atoms with Gasteiger partial charge in [0.25, 0.3) is 0 Å². The van der Waals surface area contributed by atoms with Crippen molar-refractivity contribution in [2.24, 2.45) is 0 Å². The van der Waals surface area contributed by atoms with Crippen LogP contribution in [0.15, 0.2) is 24.3 Å². The molecule has 0 fully saturated rings. The number of carbonyl (C=O) groups is 1. The highest BCUT2D eigenvalue weighted by atomic mass is 16.5. The summed E-state index contributed by atoms with van der Waals surface area (Å²) in [5, 5.41) is 0. The zero-order valence-corrected chi connectivity index (χ0v) is 26.4. The lowest BCUT2D eigenvalue weighted by Gasteiger charge is -2.00. The fourth-order valence-corrected chi connectivity index (χ4v) is 2.47. The molecule has 2 heteroatoms. The molecule has 0 unspecified atom stereocenters. The average Bonchev–Trinajstić information content (AvgIpc) is 2.87. The molecule has 0 aromatic heterocycles. The number of hydrogen-bond donors (Lipinski definition) is 0. The van der Waals surface area contributed by atoms with Crippen molar-refractivity contribution < 1.29 is 9.53 Å². The zero-order valence-electron chi connectivity index (χ0n) is 26.4. The Morgan fingerprint density at radius 1 is 0.514 bits per heavy atom. The summed E-state index contributed by atoms with van der Waals surface area (Å²) in [6.45, 7) is 21.9. The molecule has 35 heavy (non-hydrogen) atoms. The van der Waals surface area contributed by atoms with E-state index >= 15 is 0 Å². The molecule has 0 amide bonds. The number of carbonyl (C=O) groups excluding carboxylic acids is 1. The molecule has 0 heterocycles. The predicted octanol–water partition coefficient (Wildman–Crippen LogP) is 12.4. The molecule has 0 atom stereocenters. The molecule has 0 aromatic carbocycles. The van der Waals surface area contributed by atoms with Gasteiger partial charge >= 0.3 is 5.97 Å². The van der Waals surface area contributed by atoms with Crippen LogP contribution in [0.5, 0.6) is 0 Å². The third-order valence-electron chi connectivity index (χ3n) is 4.90. The Balaban J connectivity index is -0.000000110. The molecule has 0 radical (unpaired) electrons. The lowest BCUT2D eigenvalue weighted by Crippen LogP contribution is -2.04. The molecule has 0 saturated carbocycles. The highest BCUT2D eigenvalue weighted by molar-refractivity contribution is 5.69. The van der Waals surface area contributed by atoms with Crippen LogP contribution in [-0.2, 0) is 9.53 Å². The van der Waals surface area contributed by atoms with E-state index in [1.54, 1.807) is 0 Å². The zero-order chi connectivity index (χ0) is 27.8. The topological polar surface area (TPSA) is 26.3 Å². The first-order chi connectivity index (χ1) is 17.0. The summed E-state index contributed by atoms with van der Waals surface area (Å²) >= 11 is 0. The molecular weight excluding hydrogens is 428 g/mol. The van der Waals surface area contributed by atoms with E-state index in [-0.39, 0.29) is 5.97 Å². The molecule has 0 spiro atoms. The Morgan fingerprint density at radius 3 is 1.17 bits per heavy atom. The summed E-state index contributed by atoms with van der Waals surface area (Å²) in [6.07, 6.45) is 29.8. The van der Waals surface area contributed by atoms with Crippen molar-refractivity contribution in [3.63, 3.8) is 0 Å². The highest BCUT2D eigenvalue weighted by Crippen LogP contribution is 2.03. The van der Waals surface area contributed by atoms with Crippen molar-refractivity contribution in [2.45, 2.75) is 178 Å². The summed E-state index contributed by atoms with van der Waals surface area (Å²) in [4.78, 5) is 10.7. The largest absolute Gasteiger partial charge is 0.466 e. The van der Waals surface area contributed by atoms with Gasteiger partial charge in [-0.25, -0.2) is 0 Å². The summed E-state index contributed by atoms with van der Waals surface area (Å²) in [5.74, 6) is -0.0593. The minimum Gasteiger partial charge on any atom is -0.466 e. The summed E-state index contributed by atoms with van der Waals surface area (Å²) < 4.78 is 4.88. The minimum absolute atomic E-state index is 0.0593. The lowest BCUT2D eigenvalue weighted by atomic mass is 10.1. The van der Waals surface area contributed by atoms with Crippen LogP contribution in [0.4, 0.5) is 0 Å². The molecule has 2 nitrogen and oxygen atoms in total. The lowest BCUT2D eigenvalue weighted by molar-refractivity contribution is -0.143. The molecule has 0 saturated heterocycles. The van der Waals surface area contributed by atoms with E-state index in [0.717, 1.165) is 19.3 Å². The first-order valence-corrected chi connectivity index (χ1v) is 15.3. The number of allylic oxidation sites excluding steroid dienone is 4. The first-order valence-electron chi connectivity index (χ1n) is 15.3. The van der Waals surface area contributed by atoms with Crippen molar-refractivity contribution in [3.8, 4) is 0 Å². The molecule has 0 aliphatic rings. The van der Waals surface area contributed by atoms with E-state index in [2.05, 4.69) is 60.6 Å². The van der Waals surface area contributed by atoms with Gasteiger partial charge in [0.2, 0.25) is 0 Å². The monoisotopic (exact) mass is 499 g/mol. The van der Waals surface area contributed by atoms with Gasteiger partial charge in [-0.3, -0.25) is 4.79 Å². The second-order valence-electron chi connectivity index (χ2n) is 8.82. The minimum atomic E-state index is -0.0593. The van der Waals surface area contributed by atoms with Gasteiger partial charge in [-0.05, 0) is 40.0 Å². The molecule has 0 rings (SSSR count). The Kier molecular flexibility index (Phi) is 67.9. The van der Waals surface area contributed by atoms with Crippen LogP contribution in [-0.4, -0.2) is 12.6 Å². The summed E-state index contributed by atoms with van der Waals surface area (Å²) in [5.41, 5.74) is 0. The Labute approximate surface area is 224 Å². The number of unbranched alkanes of at least 4 members (excludes halogenated alkanes) is 11. The molecular formula is C33H70O2. The van der Waals surface area contributed by atoms with E-state index in [9.17, 15) is 4.79 Å². The third kappa shape index (κ3) is 79.3. The maximum absolute atomic E-state index is 10.7. The molecule has 0 aliphatic carbocycles. The molecule has 0 aromatic rings. The van der Waals surface area contributed by atoms with Crippen LogP contribution in [0, 0.1) is 0 Å². The molecule has 214 valence electrons. The number of esters is 1. The quantitative estimate of drug-likeness (QED) is 0.120. The average molecular weight is 499 g/mol. The maximum atomic E-state index is 10.7. The van der Waals surface area contributed by atoms with Gasteiger partial charge in [-0.1, -0.05) is 156 Å². The summed E-state index contributed by atoms with van der Waals surface area (Å²) in [6, 6.07) is 0. The van der Waals surface area contributed by atoms with E-state index in [1.165, 1.54) is 83.5 Å². The van der Waals surface area contributed by atoms with Gasteiger partial charge in [0.1, 0.15) is 0 Å². The number of ether oxygens (including phenoxy) is 1. The van der Waals surface area contributed by atoms with E-state index in [0.29, 0.717) is 13.0 Å². The van der Waals surface area contributed by atoms with Crippen LogP contribution in [0.1, 0.15) is 178 Å². The van der Waals surface area contributed by atoms with Crippen molar-refractivity contribution in [2.75, 3.05) is 6.61 Å². The highest BCUT2D eigenvalue weighted by Gasteiger charge is 1.97. The van der Waals surface area contributed by atoms with Gasteiger partial charge in [0.15, 0.2) is 0 Å². The van der Waals surface area contributed by atoms with Crippen molar-refractivity contribution >= 4 is 5.97 Å². The fourth-order valence-electron chi connectivity index (χ4n) is 2.47. The molecule has 0 aliphatic heterocycles. The van der Waals surface area contributed by atoms with Crippen LogP contribution in [0.25, 0.3) is 0 Å². The first kappa shape index (κ1) is 44.0. The standard InChI is InChI=1S/C8H16O2.C8H18.C7H16.C6H12.C4H8/c1-3-5-7-10-8(9)6-4-2;1-3-5-7-8-6-4-2;1-3-5-7-6-4-2;1-3-5-6-4-2;1-3-4-2/h3-7H2,1-2H3;3-8H2,1-2H3;3-7H2,1-2H3;3,5H,4,6H2,1-2H3;3-4H,1-2H3/b;;;5-3+;. The van der Waals surface area contributed by atoms with Gasteiger partial charge < -0.3 is 4.74 Å². The van der Waals surface area contributed by atoms with Crippen molar-refractivity contribution in [3.05, 3.63) is 24.3 Å². The van der Waals surface area contributed by atoms with Crippen LogP contribution < -0.4 is 0 Å². The van der Waals surface area contributed by atoms with E-state index in [1.807, 2.05) is 32.9 Å². The number of hydrogen-bond acceptors (Lipinski definition) is 2. The maximum Gasteiger partial charge on any atom is 0.305 e. The van der Waals surface area contributed by atoms with Gasteiger partial charge in [-0.2, -0.15) is 0 Å². The van der Waals surface area contributed by atoms with Crippen molar-refractivity contribution in [1.29, 1.82) is 0 Å². The summed E-state index contributed by atoms with van der Waals surface area (Å²) in [7, 11) is 0. The Bertz CT molecular complexity index is 344. The van der Waals surface area contributed by atoms with Gasteiger partial charge in [0.05, 0.1) is 6.61 Å². The van der Waals surface area contributed by atoms with Gasteiger partial charge in [0, 0.05) is 6.42 Å². The fraction of sp³-hybridized carbons (Fsp3) is 0.848. The Morgan fingerprint density at radius 2 is 0.914 bits per heavy atom. The van der Waals surface area contributed by atoms with Crippen LogP contribution in [0.2, 0.25) is 0 Å². The smallest absolute Gasteiger partial charge is 0.305 e. The number of rotatable bonds is 16. The van der Waals surface area contributed by atoms with E-state index < -0.39 is 0 Å². The predicted molar refractivity (Wildman–Crippen MR) is 164 cm³/mol. The third-order valence-corrected chi connectivity index (χ3v) is 4.90. The van der Waals surface area contributed by atoms with Crippen LogP contribution >= 0.6 is 0 Å². The second kappa shape index (κ2) is 54.0. The van der Waals surface area contributed by atoms with Crippen LogP contribution in [0.3, 0.4) is 0 Å². The van der Waals surface area contributed by atoms with E-state index in [4.69, 9.17) is 4.74 Å².